The molecule has 1 aromatic carbocycles. The van der Waals surface area contributed by atoms with Crippen molar-refractivity contribution in [3.63, 3.8) is 0 Å². The maximum absolute atomic E-state index is 13.2. The summed E-state index contributed by atoms with van der Waals surface area (Å²) in [4.78, 5) is 47.0. The topological polar surface area (TPSA) is 241 Å². The second kappa shape index (κ2) is 19.9. The van der Waals surface area contributed by atoms with Crippen LogP contribution < -0.4 is 25.7 Å². The number of benzene rings is 1. The summed E-state index contributed by atoms with van der Waals surface area (Å²) in [5.74, 6) is -0.128. The molecule has 0 unspecified atom stereocenters. The Hall–Kier alpha value is -8.07. The molecule has 4 N–H and O–H groups in total. The maximum Gasteiger partial charge on any atom is 0.269 e. The summed E-state index contributed by atoms with van der Waals surface area (Å²) in [5, 5.41) is 25.2. The predicted octanol–water partition coefficient (Wildman–Crippen LogP) is 5.38. The van der Waals surface area contributed by atoms with Gasteiger partial charge in [-0.25, -0.2) is 56.3 Å². The van der Waals surface area contributed by atoms with Gasteiger partial charge in [0.25, 0.3) is 10.0 Å². The van der Waals surface area contributed by atoms with E-state index in [9.17, 15) is 13.2 Å². The number of nitrogens with zero attached hydrogens (tertiary/aromatic N) is 15. The number of pyridine rings is 3. The lowest BCUT2D eigenvalue weighted by Gasteiger charge is -2.26. The van der Waals surface area contributed by atoms with Crippen molar-refractivity contribution in [2.75, 3.05) is 54.7 Å². The molecule has 73 heavy (non-hydrogen) atoms. The second-order valence-electron chi connectivity index (χ2n) is 18.2. The van der Waals surface area contributed by atoms with E-state index in [0.717, 1.165) is 112 Å². The van der Waals surface area contributed by atoms with Crippen LogP contribution in [0.15, 0.2) is 104 Å². The molecule has 22 nitrogen and oxygen atoms in total. The molecule has 0 bridgehead atoms. The highest BCUT2D eigenvalue weighted by atomic mass is 32.2. The first-order valence-electron chi connectivity index (χ1n) is 24.2. The van der Waals surface area contributed by atoms with Crippen molar-refractivity contribution in [1.29, 1.82) is 5.26 Å². The molecule has 0 radical (unpaired) electrons. The van der Waals surface area contributed by atoms with Gasteiger partial charge in [-0.15, -0.1) is 0 Å². The molecular formula is C50H59N19O3S. The third-order valence-electron chi connectivity index (χ3n) is 14.0. The van der Waals surface area contributed by atoms with Crippen LogP contribution in [0.2, 0.25) is 0 Å². The Kier molecular flexibility index (Phi) is 13.2. The van der Waals surface area contributed by atoms with Crippen molar-refractivity contribution in [2.45, 2.75) is 83.8 Å². The Morgan fingerprint density at radius 1 is 0.671 bits per heavy atom. The van der Waals surface area contributed by atoms with Gasteiger partial charge in [-0.1, -0.05) is 45.9 Å². The van der Waals surface area contributed by atoms with Crippen LogP contribution in [0.4, 0.5) is 0 Å². The van der Waals surface area contributed by atoms with Crippen molar-refractivity contribution in [3.8, 4) is 6.07 Å². The van der Waals surface area contributed by atoms with Gasteiger partial charge in [-0.05, 0) is 56.5 Å². The molecule has 378 valence electrons. The fraction of sp³-hybridized carbons (Fsp3) is 0.360. The Bertz CT molecular complexity index is 3750. The van der Waals surface area contributed by atoms with Crippen LogP contribution in [0.5, 0.6) is 0 Å². The molecule has 3 aliphatic rings. The number of aryl methyl sites for hydroxylation is 1. The number of nitrogens with one attached hydrogen (secondary N) is 4. The zero-order chi connectivity index (χ0) is 49.7. The third-order valence-corrected chi connectivity index (χ3v) is 15.7. The van der Waals surface area contributed by atoms with Gasteiger partial charge in [0.15, 0.2) is 5.65 Å². The number of aromatic amines is 2. The summed E-state index contributed by atoms with van der Waals surface area (Å²) >= 11 is 0. The summed E-state index contributed by atoms with van der Waals surface area (Å²) in [6, 6.07) is 15.7. The zero-order valence-corrected chi connectivity index (χ0v) is 41.2. The molecule has 0 spiro atoms. The number of aromatic nitrogens is 12. The highest BCUT2D eigenvalue weighted by Crippen LogP contribution is 2.30. The van der Waals surface area contributed by atoms with Crippen LogP contribution in [0.1, 0.15) is 59.4 Å². The SMILES string of the molecule is C.CC[C@@H]1CN(C(=O)CC#N)CN1n1cnc2cnc3[nH]ccc3c21.CC[C@@H]1CNCN1n1cnc2cnc3[nH]ccc3c21.CC[C@@H]1CNCN1n1cnc2cnc3c(ccn3S(=O)(=O)c3ccc(C)cc3)c21. The van der Waals surface area contributed by atoms with E-state index in [1.54, 1.807) is 66.5 Å². The van der Waals surface area contributed by atoms with Crippen molar-refractivity contribution in [2.24, 2.45) is 0 Å². The summed E-state index contributed by atoms with van der Waals surface area (Å²) in [6.07, 6.45) is 19.0. The molecule has 23 heteroatoms. The quantitative estimate of drug-likeness (QED) is 0.142. The lowest BCUT2D eigenvalue weighted by Crippen LogP contribution is -2.40. The average molecular weight is 1010 g/mol. The van der Waals surface area contributed by atoms with E-state index < -0.39 is 10.0 Å². The first-order chi connectivity index (χ1) is 35.1. The van der Waals surface area contributed by atoms with Crippen molar-refractivity contribution in [3.05, 3.63) is 104 Å². The van der Waals surface area contributed by atoms with Gasteiger partial charge in [-0.2, -0.15) is 5.26 Å². The Morgan fingerprint density at radius 2 is 1.18 bits per heavy atom. The van der Waals surface area contributed by atoms with E-state index in [2.05, 4.69) is 97.0 Å². The molecular weight excluding hydrogens is 947 g/mol. The molecule has 9 aromatic heterocycles. The summed E-state index contributed by atoms with van der Waals surface area (Å²) < 4.78 is 33.9. The number of nitriles is 1. The maximum atomic E-state index is 13.2. The molecule has 3 aliphatic heterocycles. The highest BCUT2D eigenvalue weighted by molar-refractivity contribution is 7.90. The molecule has 3 fully saturated rings. The van der Waals surface area contributed by atoms with E-state index in [-0.39, 0.29) is 30.7 Å². The van der Waals surface area contributed by atoms with E-state index in [1.807, 2.05) is 53.3 Å². The number of carbonyl (C=O) groups excluding carboxylic acids is 1. The Balaban J connectivity index is 0.000000127. The van der Waals surface area contributed by atoms with Gasteiger partial charge in [-0.3, -0.25) is 30.5 Å². The first-order valence-corrected chi connectivity index (χ1v) is 25.7. The van der Waals surface area contributed by atoms with Crippen molar-refractivity contribution in [1.82, 2.24) is 73.4 Å². The van der Waals surface area contributed by atoms with Crippen LogP contribution in [-0.2, 0) is 14.8 Å². The average Bonchev–Trinajstić information content (AvgIpc) is 4.24. The number of H-pyrrole nitrogens is 2. The van der Waals surface area contributed by atoms with Gasteiger partial charge < -0.3 is 14.9 Å². The Labute approximate surface area is 421 Å². The standard InChI is InChI=1S/C20H22N6O2S.C16H17N7O.C13H16N6.CH4/c1-3-15-10-21-12-24(15)25-13-23-18-11-22-20-17(19(18)25)8-9-26(20)29(27,28)16-6-4-14(2)5-7-16;1-2-11-8-21(14(24)3-5-17)10-23(11)22-9-20-13-7-19-16-12(15(13)22)4-6-18-16;1-2-9-5-14-7-18(9)19-8-17-11-6-16-13-10(12(11)19)3-4-15-13;/h4-9,11,13,15,21H,3,10,12H2,1-2H3;4,6-7,9,11H,2-3,8,10H2,1H3,(H,18,19);3-4,6,8-9,14H,2,5,7H2,1H3,(H,15,16);1H4/t15-;11-;9-;/m111./s1. The zero-order valence-electron chi connectivity index (χ0n) is 40.4. The number of imidazole rings is 3. The molecule has 10 aromatic rings. The summed E-state index contributed by atoms with van der Waals surface area (Å²) in [6.45, 7) is 13.0. The van der Waals surface area contributed by atoms with E-state index >= 15 is 0 Å². The van der Waals surface area contributed by atoms with Crippen LogP contribution in [0, 0.1) is 18.3 Å². The van der Waals surface area contributed by atoms with Gasteiger partial charge in [0.05, 0.1) is 61.0 Å². The monoisotopic (exact) mass is 1010 g/mol. The summed E-state index contributed by atoms with van der Waals surface area (Å²) in [5.41, 5.74) is 8.62. The predicted molar refractivity (Wildman–Crippen MR) is 282 cm³/mol. The minimum absolute atomic E-state index is 0. The minimum atomic E-state index is -3.74. The molecule has 3 atom stereocenters. The lowest BCUT2D eigenvalue weighted by molar-refractivity contribution is -0.129. The number of rotatable bonds is 9. The van der Waals surface area contributed by atoms with E-state index in [0.29, 0.717) is 30.9 Å². The molecule has 1 amide bonds. The molecule has 13 rings (SSSR count). The highest BCUT2D eigenvalue weighted by Gasteiger charge is 2.34. The first kappa shape index (κ1) is 48.6. The minimum Gasteiger partial charge on any atom is -0.346 e. The molecule has 12 heterocycles. The van der Waals surface area contributed by atoms with Gasteiger partial charge >= 0.3 is 0 Å². The smallest absolute Gasteiger partial charge is 0.269 e. The van der Waals surface area contributed by atoms with Gasteiger partial charge in [0.2, 0.25) is 5.91 Å². The number of amides is 1. The number of hydrogen-bond donors (Lipinski definition) is 4. The van der Waals surface area contributed by atoms with Crippen LogP contribution in [0.3, 0.4) is 0 Å². The molecule has 0 aliphatic carbocycles. The van der Waals surface area contributed by atoms with Crippen LogP contribution >= 0.6 is 0 Å². The fourth-order valence-electron chi connectivity index (χ4n) is 10.2. The van der Waals surface area contributed by atoms with Gasteiger partial charge in [0, 0.05) is 54.4 Å². The van der Waals surface area contributed by atoms with E-state index in [1.165, 1.54) is 3.97 Å². The normalized spacial score (nSPS) is 18.0. The Morgan fingerprint density at radius 3 is 1.70 bits per heavy atom. The number of hydrogen-bond acceptors (Lipinski definition) is 15. The fourth-order valence-corrected chi connectivity index (χ4v) is 11.5. The van der Waals surface area contributed by atoms with Crippen molar-refractivity contribution < 1.29 is 13.2 Å². The molecule has 3 saturated heterocycles. The summed E-state index contributed by atoms with van der Waals surface area (Å²) in [7, 11) is -3.74. The molecule has 0 saturated carbocycles. The van der Waals surface area contributed by atoms with Crippen LogP contribution in [0.25, 0.3) is 66.2 Å². The number of carbonyl (C=O) groups is 1. The lowest BCUT2D eigenvalue weighted by atomic mass is 10.2. The van der Waals surface area contributed by atoms with Crippen LogP contribution in [-0.4, -0.2) is 135 Å². The largest absolute Gasteiger partial charge is 0.346 e. The van der Waals surface area contributed by atoms with E-state index in [4.69, 9.17) is 5.26 Å². The second-order valence-corrected chi connectivity index (χ2v) is 20.0. The van der Waals surface area contributed by atoms with Gasteiger partial charge in [0.1, 0.15) is 76.5 Å². The number of fused-ring (bicyclic) bond motifs is 9. The van der Waals surface area contributed by atoms with Crippen molar-refractivity contribution >= 4 is 82.1 Å². The third kappa shape index (κ3) is 8.49.